The van der Waals surface area contributed by atoms with Gasteiger partial charge in [0.15, 0.2) is 0 Å². The molecule has 0 spiro atoms. The maximum Gasteiger partial charge on any atom is 0.113 e. The third-order valence-corrected chi connectivity index (χ3v) is 4.09. The van der Waals surface area contributed by atoms with Gasteiger partial charge in [0.25, 0.3) is 0 Å². The first-order valence-electron chi connectivity index (χ1n) is 8.86. The van der Waals surface area contributed by atoms with Crippen LogP contribution in [0.4, 0.5) is 0 Å². The monoisotopic (exact) mass is 340 g/mol. The summed E-state index contributed by atoms with van der Waals surface area (Å²) < 4.78 is 12.0. The molecule has 134 valence electrons. The Bertz CT molecular complexity index is 597. The Balaban J connectivity index is 2.01. The standard InChI is InChI=1S/C22H28O3/c1-3-11-20(23)22(25-17-19-14-9-6-10-15-19)21(4-2)24-16-18-12-7-5-8-13-18/h4-10,12-15,20-23H,2-3,11,16-17H2,1H3/t20-,21-,22+/m0/s1. The average Bonchev–Trinajstić information content (AvgIpc) is 2.66. The van der Waals surface area contributed by atoms with Crippen LogP contribution < -0.4 is 0 Å². The first kappa shape index (κ1) is 19.4. The zero-order chi connectivity index (χ0) is 17.9. The molecule has 0 saturated carbocycles. The van der Waals surface area contributed by atoms with Crippen LogP contribution in [0.15, 0.2) is 73.3 Å². The van der Waals surface area contributed by atoms with Gasteiger partial charge < -0.3 is 14.6 Å². The maximum absolute atomic E-state index is 10.5. The van der Waals surface area contributed by atoms with Crippen LogP contribution in [-0.4, -0.2) is 23.4 Å². The molecule has 3 heteroatoms. The van der Waals surface area contributed by atoms with Crippen LogP contribution in [0, 0.1) is 0 Å². The number of aliphatic hydroxyl groups is 1. The van der Waals surface area contributed by atoms with Gasteiger partial charge in [-0.2, -0.15) is 0 Å². The van der Waals surface area contributed by atoms with Gasteiger partial charge in [-0.05, 0) is 17.5 Å². The minimum absolute atomic E-state index is 0.370. The Labute approximate surface area is 150 Å². The van der Waals surface area contributed by atoms with Crippen LogP contribution in [-0.2, 0) is 22.7 Å². The molecule has 3 atom stereocenters. The van der Waals surface area contributed by atoms with E-state index in [2.05, 4.69) is 6.58 Å². The van der Waals surface area contributed by atoms with Gasteiger partial charge in [0.05, 0.1) is 19.3 Å². The van der Waals surface area contributed by atoms with Gasteiger partial charge in [-0.15, -0.1) is 6.58 Å². The van der Waals surface area contributed by atoms with Crippen LogP contribution in [0.2, 0.25) is 0 Å². The summed E-state index contributed by atoms with van der Waals surface area (Å²) in [5.74, 6) is 0. The fraction of sp³-hybridized carbons (Fsp3) is 0.364. The molecule has 0 aliphatic carbocycles. The van der Waals surface area contributed by atoms with Crippen molar-refractivity contribution in [2.24, 2.45) is 0 Å². The maximum atomic E-state index is 10.5. The molecule has 0 amide bonds. The van der Waals surface area contributed by atoms with E-state index in [-0.39, 0.29) is 6.10 Å². The normalized spacial score (nSPS) is 14.6. The Morgan fingerprint density at radius 3 is 1.92 bits per heavy atom. The van der Waals surface area contributed by atoms with Crippen LogP contribution in [0.5, 0.6) is 0 Å². The van der Waals surface area contributed by atoms with Gasteiger partial charge in [-0.3, -0.25) is 0 Å². The van der Waals surface area contributed by atoms with Crippen molar-refractivity contribution in [3.63, 3.8) is 0 Å². The second kappa shape index (κ2) is 10.8. The smallest absolute Gasteiger partial charge is 0.113 e. The van der Waals surface area contributed by atoms with Crippen LogP contribution in [0.1, 0.15) is 30.9 Å². The highest BCUT2D eigenvalue weighted by Crippen LogP contribution is 2.18. The molecule has 1 N–H and O–H groups in total. The lowest BCUT2D eigenvalue weighted by atomic mass is 10.0. The molecule has 2 aromatic carbocycles. The van der Waals surface area contributed by atoms with E-state index in [0.717, 1.165) is 17.5 Å². The second-order valence-corrected chi connectivity index (χ2v) is 6.11. The summed E-state index contributed by atoms with van der Waals surface area (Å²) in [5.41, 5.74) is 2.16. The lowest BCUT2D eigenvalue weighted by molar-refractivity contribution is -0.117. The van der Waals surface area contributed by atoms with Crippen LogP contribution in [0.3, 0.4) is 0 Å². The van der Waals surface area contributed by atoms with Gasteiger partial charge in [-0.1, -0.05) is 80.1 Å². The van der Waals surface area contributed by atoms with Crippen molar-refractivity contribution >= 4 is 0 Å². The third kappa shape index (κ3) is 6.46. The first-order chi connectivity index (χ1) is 12.2. The highest BCUT2D eigenvalue weighted by molar-refractivity contribution is 5.14. The molecule has 25 heavy (non-hydrogen) atoms. The molecule has 0 aromatic heterocycles. The van der Waals surface area contributed by atoms with E-state index in [1.807, 2.05) is 67.6 Å². The summed E-state index contributed by atoms with van der Waals surface area (Å²) in [4.78, 5) is 0. The Morgan fingerprint density at radius 1 is 0.920 bits per heavy atom. The zero-order valence-electron chi connectivity index (χ0n) is 14.9. The fourth-order valence-corrected chi connectivity index (χ4v) is 2.72. The van der Waals surface area contributed by atoms with Crippen molar-refractivity contribution in [2.75, 3.05) is 0 Å². The van der Waals surface area contributed by atoms with Gasteiger partial charge in [0.2, 0.25) is 0 Å². The molecule has 2 rings (SSSR count). The van der Waals surface area contributed by atoms with Gasteiger partial charge in [0.1, 0.15) is 12.2 Å². The van der Waals surface area contributed by atoms with Crippen molar-refractivity contribution in [3.8, 4) is 0 Å². The topological polar surface area (TPSA) is 38.7 Å². The van der Waals surface area contributed by atoms with Gasteiger partial charge >= 0.3 is 0 Å². The average molecular weight is 340 g/mol. The molecule has 0 aliphatic heterocycles. The summed E-state index contributed by atoms with van der Waals surface area (Å²) in [7, 11) is 0. The van der Waals surface area contributed by atoms with E-state index in [0.29, 0.717) is 19.6 Å². The van der Waals surface area contributed by atoms with E-state index >= 15 is 0 Å². The molecular formula is C22H28O3. The Morgan fingerprint density at radius 2 is 1.44 bits per heavy atom. The predicted molar refractivity (Wildman–Crippen MR) is 101 cm³/mol. The van der Waals surface area contributed by atoms with Crippen molar-refractivity contribution in [1.29, 1.82) is 0 Å². The summed E-state index contributed by atoms with van der Waals surface area (Å²) in [5, 5.41) is 10.5. The molecular weight excluding hydrogens is 312 g/mol. The number of hydrogen-bond donors (Lipinski definition) is 1. The minimum Gasteiger partial charge on any atom is -0.390 e. The molecule has 2 aromatic rings. The first-order valence-corrected chi connectivity index (χ1v) is 8.86. The summed E-state index contributed by atoms with van der Waals surface area (Å²) >= 11 is 0. The Hall–Kier alpha value is -1.94. The number of ether oxygens (including phenoxy) is 2. The quantitative estimate of drug-likeness (QED) is 0.612. The largest absolute Gasteiger partial charge is 0.390 e. The molecule has 3 nitrogen and oxygen atoms in total. The van der Waals surface area contributed by atoms with Crippen molar-refractivity contribution < 1.29 is 14.6 Å². The van der Waals surface area contributed by atoms with E-state index in [4.69, 9.17) is 9.47 Å². The third-order valence-electron chi connectivity index (χ3n) is 4.09. The number of aliphatic hydroxyl groups excluding tert-OH is 1. The van der Waals surface area contributed by atoms with Crippen molar-refractivity contribution in [2.45, 2.75) is 51.3 Å². The summed E-state index contributed by atoms with van der Waals surface area (Å²) in [6.07, 6.45) is 1.87. The summed E-state index contributed by atoms with van der Waals surface area (Å²) in [6.45, 7) is 6.82. The predicted octanol–water partition coefficient (Wildman–Crippen LogP) is 4.50. The molecule has 0 radical (unpaired) electrons. The second-order valence-electron chi connectivity index (χ2n) is 6.11. The van der Waals surface area contributed by atoms with Crippen molar-refractivity contribution in [3.05, 3.63) is 84.4 Å². The van der Waals surface area contributed by atoms with Gasteiger partial charge in [0, 0.05) is 0 Å². The highest BCUT2D eigenvalue weighted by Gasteiger charge is 2.27. The molecule has 0 bridgehead atoms. The van der Waals surface area contributed by atoms with Crippen LogP contribution in [0.25, 0.3) is 0 Å². The lowest BCUT2D eigenvalue weighted by Crippen LogP contribution is -2.40. The zero-order valence-corrected chi connectivity index (χ0v) is 14.9. The molecule has 0 heterocycles. The highest BCUT2D eigenvalue weighted by atomic mass is 16.5. The van der Waals surface area contributed by atoms with E-state index in [1.165, 1.54) is 0 Å². The fourth-order valence-electron chi connectivity index (χ4n) is 2.72. The Kier molecular flexibility index (Phi) is 8.40. The molecule has 0 unspecified atom stereocenters. The molecule has 0 fully saturated rings. The van der Waals surface area contributed by atoms with E-state index in [9.17, 15) is 5.11 Å². The lowest BCUT2D eigenvalue weighted by Gasteiger charge is -2.29. The van der Waals surface area contributed by atoms with E-state index < -0.39 is 12.2 Å². The minimum atomic E-state index is -0.590. The SMILES string of the molecule is C=C[C@H](OCc1ccccc1)[C@H](OCc1ccccc1)[C@@H](O)CCC. The number of rotatable bonds is 11. The molecule has 0 aliphatic rings. The summed E-state index contributed by atoms with van der Waals surface area (Å²) in [6, 6.07) is 19.9. The van der Waals surface area contributed by atoms with Crippen molar-refractivity contribution in [1.82, 2.24) is 0 Å². The number of hydrogen-bond acceptors (Lipinski definition) is 3. The van der Waals surface area contributed by atoms with Gasteiger partial charge in [-0.25, -0.2) is 0 Å². The number of benzene rings is 2. The molecule has 0 saturated heterocycles. The van der Waals surface area contributed by atoms with E-state index in [1.54, 1.807) is 6.08 Å². The van der Waals surface area contributed by atoms with Crippen LogP contribution >= 0.6 is 0 Å².